The molecule has 10 atom stereocenters. The maximum atomic E-state index is 13.1. The first kappa shape index (κ1) is 25.0. The zero-order valence-electron chi connectivity index (χ0n) is 21.0. The molecule has 1 amide bonds. The number of amides is 1. The molecule has 33 heavy (non-hydrogen) atoms. The van der Waals surface area contributed by atoms with Gasteiger partial charge in [0.2, 0.25) is 5.91 Å². The SMILES string of the molecule is CC(=O)C1C(C)NC(C(=O)NC2CCC(C)C(NC3NCCC(C4CCCNC4)N3)C2)C1C. The number of nitrogens with one attached hydrogen (secondary N) is 6. The highest BCUT2D eigenvalue weighted by molar-refractivity contribution is 5.86. The predicted molar refractivity (Wildman–Crippen MR) is 131 cm³/mol. The van der Waals surface area contributed by atoms with Crippen molar-refractivity contribution in [3.8, 4) is 0 Å². The molecule has 4 fully saturated rings. The van der Waals surface area contributed by atoms with Crippen LogP contribution in [0.25, 0.3) is 0 Å². The number of ketones is 1. The van der Waals surface area contributed by atoms with Crippen molar-refractivity contribution in [2.24, 2.45) is 23.7 Å². The van der Waals surface area contributed by atoms with Gasteiger partial charge in [0, 0.05) is 30.1 Å². The van der Waals surface area contributed by atoms with Gasteiger partial charge in [-0.25, -0.2) is 0 Å². The molecule has 3 heterocycles. The first-order valence-corrected chi connectivity index (χ1v) is 13.4. The smallest absolute Gasteiger partial charge is 0.237 e. The molecule has 0 aromatic carbocycles. The molecule has 188 valence electrons. The summed E-state index contributed by atoms with van der Waals surface area (Å²) in [6, 6.07) is 0.844. The molecule has 10 unspecified atom stereocenters. The molecule has 3 saturated heterocycles. The molecule has 0 bridgehead atoms. The number of rotatable bonds is 6. The van der Waals surface area contributed by atoms with E-state index in [1.54, 1.807) is 6.92 Å². The number of carbonyl (C=O) groups is 2. The highest BCUT2D eigenvalue weighted by atomic mass is 16.2. The van der Waals surface area contributed by atoms with Crippen LogP contribution in [0, 0.1) is 23.7 Å². The van der Waals surface area contributed by atoms with E-state index >= 15 is 0 Å². The van der Waals surface area contributed by atoms with E-state index in [4.69, 9.17) is 0 Å². The predicted octanol–water partition coefficient (Wildman–Crippen LogP) is 0.686. The van der Waals surface area contributed by atoms with Crippen LogP contribution >= 0.6 is 0 Å². The van der Waals surface area contributed by atoms with Crippen LogP contribution in [0.15, 0.2) is 0 Å². The van der Waals surface area contributed by atoms with Crippen molar-refractivity contribution >= 4 is 11.7 Å². The van der Waals surface area contributed by atoms with Gasteiger partial charge in [0.1, 0.15) is 12.1 Å². The van der Waals surface area contributed by atoms with Crippen LogP contribution in [-0.2, 0) is 9.59 Å². The van der Waals surface area contributed by atoms with E-state index in [1.807, 2.05) is 13.8 Å². The van der Waals surface area contributed by atoms with Gasteiger partial charge in [-0.3, -0.25) is 25.5 Å². The zero-order chi connectivity index (χ0) is 23.5. The molecular weight excluding hydrogens is 416 g/mol. The molecule has 1 aliphatic carbocycles. The van der Waals surface area contributed by atoms with Gasteiger partial charge in [-0.15, -0.1) is 0 Å². The highest BCUT2D eigenvalue weighted by Crippen LogP contribution is 2.30. The molecule has 8 heteroatoms. The standard InChI is InChI=1S/C25H46N6O2/c1-14-7-8-19(29-24(33)23-15(2)22(17(4)32)16(3)28-23)12-21(14)31-25-27-11-9-20(30-25)18-6-5-10-26-13-18/h14-16,18-23,25-28,30-31H,5-13H2,1-4H3,(H,29,33). The van der Waals surface area contributed by atoms with Crippen molar-refractivity contribution < 1.29 is 9.59 Å². The molecule has 4 aliphatic rings. The number of hydrogen-bond acceptors (Lipinski definition) is 7. The summed E-state index contributed by atoms with van der Waals surface area (Å²) < 4.78 is 0. The normalized spacial score (nSPS) is 44.4. The summed E-state index contributed by atoms with van der Waals surface area (Å²) in [5, 5.41) is 21.5. The van der Waals surface area contributed by atoms with Crippen LogP contribution in [-0.4, -0.2) is 67.8 Å². The van der Waals surface area contributed by atoms with Crippen molar-refractivity contribution in [1.29, 1.82) is 0 Å². The maximum Gasteiger partial charge on any atom is 0.237 e. The Bertz CT molecular complexity index is 684. The summed E-state index contributed by atoms with van der Waals surface area (Å²) in [7, 11) is 0. The number of carbonyl (C=O) groups excluding carboxylic acids is 2. The van der Waals surface area contributed by atoms with Crippen molar-refractivity contribution in [2.75, 3.05) is 19.6 Å². The van der Waals surface area contributed by atoms with Crippen LogP contribution in [0.3, 0.4) is 0 Å². The van der Waals surface area contributed by atoms with Gasteiger partial charge < -0.3 is 16.0 Å². The summed E-state index contributed by atoms with van der Waals surface area (Å²) in [5.41, 5.74) is 0. The Morgan fingerprint density at radius 3 is 2.48 bits per heavy atom. The number of piperidine rings is 1. The summed E-state index contributed by atoms with van der Waals surface area (Å²) in [6.07, 6.45) is 6.94. The van der Waals surface area contributed by atoms with E-state index in [9.17, 15) is 9.59 Å². The van der Waals surface area contributed by atoms with Gasteiger partial charge in [0.05, 0.1) is 6.04 Å². The van der Waals surface area contributed by atoms with Crippen LogP contribution in [0.1, 0.15) is 66.2 Å². The summed E-state index contributed by atoms with van der Waals surface area (Å²) in [6.45, 7) is 11.3. The minimum absolute atomic E-state index is 0.0239. The molecule has 0 radical (unpaired) electrons. The van der Waals surface area contributed by atoms with Gasteiger partial charge >= 0.3 is 0 Å². The molecule has 3 aliphatic heterocycles. The summed E-state index contributed by atoms with van der Waals surface area (Å²) >= 11 is 0. The number of hydrogen-bond donors (Lipinski definition) is 6. The number of Topliss-reactive ketones (excluding diaryl/α,β-unsaturated/α-hetero) is 1. The zero-order valence-corrected chi connectivity index (χ0v) is 21.0. The van der Waals surface area contributed by atoms with Crippen molar-refractivity contribution in [3.63, 3.8) is 0 Å². The lowest BCUT2D eigenvalue weighted by Gasteiger charge is -2.43. The fraction of sp³-hybridized carbons (Fsp3) is 0.920. The van der Waals surface area contributed by atoms with Gasteiger partial charge in [-0.2, -0.15) is 0 Å². The topological polar surface area (TPSA) is 106 Å². The molecule has 0 spiro atoms. The van der Waals surface area contributed by atoms with Crippen molar-refractivity contribution in [1.82, 2.24) is 31.9 Å². The first-order valence-electron chi connectivity index (χ1n) is 13.4. The van der Waals surface area contributed by atoms with Crippen LogP contribution in [0.4, 0.5) is 0 Å². The second-order valence-corrected chi connectivity index (χ2v) is 11.3. The lowest BCUT2D eigenvalue weighted by molar-refractivity contribution is -0.125. The quantitative estimate of drug-likeness (QED) is 0.345. The molecule has 8 nitrogen and oxygen atoms in total. The van der Waals surface area contributed by atoms with E-state index in [2.05, 4.69) is 38.8 Å². The monoisotopic (exact) mass is 462 g/mol. The third-order valence-corrected chi connectivity index (χ3v) is 8.84. The molecule has 6 N–H and O–H groups in total. The first-order chi connectivity index (χ1) is 15.8. The van der Waals surface area contributed by atoms with Crippen molar-refractivity contribution in [2.45, 2.75) is 103 Å². The lowest BCUT2D eigenvalue weighted by atomic mass is 9.82. The molecule has 1 saturated carbocycles. The van der Waals surface area contributed by atoms with Crippen molar-refractivity contribution in [3.05, 3.63) is 0 Å². The Balaban J connectivity index is 1.29. The van der Waals surface area contributed by atoms with Crippen LogP contribution < -0.4 is 31.9 Å². The van der Waals surface area contributed by atoms with Gasteiger partial charge in [0.15, 0.2) is 0 Å². The average molecular weight is 463 g/mol. The minimum Gasteiger partial charge on any atom is -0.352 e. The van der Waals surface area contributed by atoms with Gasteiger partial charge in [-0.1, -0.05) is 13.8 Å². The average Bonchev–Trinajstić information content (AvgIpc) is 3.11. The minimum atomic E-state index is -0.286. The Morgan fingerprint density at radius 1 is 0.970 bits per heavy atom. The largest absolute Gasteiger partial charge is 0.352 e. The molecular formula is C25H46N6O2. The molecule has 4 rings (SSSR count). The van der Waals surface area contributed by atoms with Gasteiger partial charge in [-0.05, 0) is 89.8 Å². The highest BCUT2D eigenvalue weighted by Gasteiger charge is 2.44. The third-order valence-electron chi connectivity index (χ3n) is 8.84. The summed E-state index contributed by atoms with van der Waals surface area (Å²) in [5.74, 6) is 1.44. The maximum absolute atomic E-state index is 13.1. The van der Waals surface area contributed by atoms with E-state index < -0.39 is 0 Å². The van der Waals surface area contributed by atoms with Crippen LogP contribution in [0.2, 0.25) is 0 Å². The lowest BCUT2D eigenvalue weighted by Crippen LogP contribution is -2.66. The van der Waals surface area contributed by atoms with E-state index in [1.165, 1.54) is 19.3 Å². The van der Waals surface area contributed by atoms with Crippen LogP contribution in [0.5, 0.6) is 0 Å². The fourth-order valence-corrected chi connectivity index (χ4v) is 6.87. The Morgan fingerprint density at radius 2 is 1.79 bits per heavy atom. The van der Waals surface area contributed by atoms with E-state index in [0.29, 0.717) is 23.9 Å². The van der Waals surface area contributed by atoms with E-state index in [-0.39, 0.29) is 47.9 Å². The fourth-order valence-electron chi connectivity index (χ4n) is 6.87. The summed E-state index contributed by atoms with van der Waals surface area (Å²) in [4.78, 5) is 25.1. The molecule has 0 aromatic rings. The van der Waals surface area contributed by atoms with E-state index in [0.717, 1.165) is 38.9 Å². The Kier molecular flexibility index (Phi) is 8.44. The Hall–Kier alpha value is -1.06. The molecule has 0 aromatic heterocycles. The third kappa shape index (κ3) is 5.96. The Labute approximate surface area is 199 Å². The second kappa shape index (κ2) is 11.1. The van der Waals surface area contributed by atoms with Gasteiger partial charge in [0.25, 0.3) is 0 Å². The second-order valence-electron chi connectivity index (χ2n) is 11.3.